The normalized spacial score (nSPS) is 33.4. The Morgan fingerprint density at radius 2 is 2.31 bits per heavy atom. The maximum atomic E-state index is 12.0. The molecule has 0 aromatic rings. The molecule has 2 N–H and O–H groups in total. The highest BCUT2D eigenvalue weighted by atomic mass is 16.2. The van der Waals surface area contributed by atoms with Gasteiger partial charge in [-0.25, -0.2) is 0 Å². The zero-order valence-electron chi connectivity index (χ0n) is 8.84. The number of hydrogen-bond acceptors (Lipinski definition) is 2. The summed E-state index contributed by atoms with van der Waals surface area (Å²) in [6.45, 7) is 4.75. The molecule has 0 radical (unpaired) electrons. The molecule has 2 atom stereocenters. The summed E-state index contributed by atoms with van der Waals surface area (Å²) >= 11 is 0. The van der Waals surface area contributed by atoms with Gasteiger partial charge >= 0.3 is 0 Å². The van der Waals surface area contributed by atoms with Gasteiger partial charge in [0.15, 0.2) is 0 Å². The molecule has 0 aliphatic heterocycles. The lowest BCUT2D eigenvalue weighted by atomic mass is 9.83. The minimum absolute atomic E-state index is 0.0500. The Bertz CT molecular complexity index is 205. The molecule has 0 aromatic carbocycles. The Balaban J connectivity index is 2.74. The van der Waals surface area contributed by atoms with Crippen LogP contribution in [0.1, 0.15) is 33.1 Å². The smallest absolute Gasteiger partial charge is 0.229 e. The van der Waals surface area contributed by atoms with Gasteiger partial charge in [-0.2, -0.15) is 0 Å². The molecule has 2 unspecified atom stereocenters. The summed E-state index contributed by atoms with van der Waals surface area (Å²) in [5.74, 6) is 0.208. The van der Waals surface area contributed by atoms with Gasteiger partial charge in [-0.05, 0) is 26.7 Å². The van der Waals surface area contributed by atoms with Crippen molar-refractivity contribution in [3.63, 3.8) is 0 Å². The Hall–Kier alpha value is -0.570. The van der Waals surface area contributed by atoms with E-state index in [-0.39, 0.29) is 17.4 Å². The molecule has 1 fully saturated rings. The number of hydrogen-bond donors (Lipinski definition) is 1. The number of carbonyl (C=O) groups is 1. The first-order chi connectivity index (χ1) is 6.02. The molecule has 1 aliphatic rings. The van der Waals surface area contributed by atoms with Crippen LogP contribution in [0.3, 0.4) is 0 Å². The molecule has 0 bridgehead atoms. The van der Waals surface area contributed by atoms with E-state index in [1.807, 2.05) is 20.9 Å². The predicted octanol–water partition coefficient (Wildman–Crippen LogP) is 0.982. The lowest BCUT2D eigenvalue weighted by molar-refractivity contribution is -0.140. The van der Waals surface area contributed by atoms with Gasteiger partial charge < -0.3 is 10.6 Å². The van der Waals surface area contributed by atoms with Crippen molar-refractivity contribution in [1.82, 2.24) is 4.90 Å². The Kier molecular flexibility index (Phi) is 2.96. The van der Waals surface area contributed by atoms with E-state index in [1.54, 1.807) is 4.90 Å². The van der Waals surface area contributed by atoms with Crippen LogP contribution in [0, 0.1) is 5.41 Å². The minimum atomic E-state index is -0.301. The Morgan fingerprint density at radius 1 is 1.69 bits per heavy atom. The van der Waals surface area contributed by atoms with E-state index in [0.29, 0.717) is 0 Å². The van der Waals surface area contributed by atoms with Gasteiger partial charge in [0.25, 0.3) is 0 Å². The van der Waals surface area contributed by atoms with Crippen molar-refractivity contribution in [2.45, 2.75) is 39.2 Å². The molecular weight excluding hydrogens is 164 g/mol. The molecule has 0 spiro atoms. The van der Waals surface area contributed by atoms with E-state index in [4.69, 9.17) is 5.73 Å². The third-order valence-corrected chi connectivity index (χ3v) is 3.34. The fourth-order valence-corrected chi connectivity index (χ4v) is 2.04. The summed E-state index contributed by atoms with van der Waals surface area (Å²) < 4.78 is 0. The van der Waals surface area contributed by atoms with E-state index in [2.05, 4.69) is 0 Å². The monoisotopic (exact) mass is 184 g/mol. The first kappa shape index (κ1) is 10.5. The second-order valence-corrected chi connectivity index (χ2v) is 4.24. The van der Waals surface area contributed by atoms with Crippen LogP contribution in [-0.2, 0) is 4.79 Å². The average Bonchev–Trinajstić information content (AvgIpc) is 2.46. The molecule has 13 heavy (non-hydrogen) atoms. The zero-order chi connectivity index (χ0) is 10.1. The number of nitrogens with zero attached hydrogens (tertiary/aromatic N) is 1. The summed E-state index contributed by atoms with van der Waals surface area (Å²) in [7, 11) is 1.85. The highest BCUT2D eigenvalue weighted by Crippen LogP contribution is 2.37. The molecule has 3 nitrogen and oxygen atoms in total. The highest BCUT2D eigenvalue weighted by molar-refractivity contribution is 5.83. The second kappa shape index (κ2) is 3.66. The van der Waals surface area contributed by atoms with Gasteiger partial charge in [-0.1, -0.05) is 6.42 Å². The van der Waals surface area contributed by atoms with Crippen LogP contribution < -0.4 is 5.73 Å². The van der Waals surface area contributed by atoms with Crippen molar-refractivity contribution in [3.05, 3.63) is 0 Å². The lowest BCUT2D eigenvalue weighted by Crippen LogP contribution is -2.47. The van der Waals surface area contributed by atoms with Crippen LogP contribution in [0.5, 0.6) is 0 Å². The van der Waals surface area contributed by atoms with E-state index >= 15 is 0 Å². The predicted molar refractivity (Wildman–Crippen MR) is 53.2 cm³/mol. The summed E-state index contributed by atoms with van der Waals surface area (Å²) in [5.41, 5.74) is 5.66. The van der Waals surface area contributed by atoms with Crippen LogP contribution in [-0.4, -0.2) is 30.4 Å². The zero-order valence-corrected chi connectivity index (χ0v) is 8.84. The standard InChI is InChI=1S/C10H20N2O/c1-4-12(3)9(13)10(2)7-5-6-8(10)11/h8H,4-7,11H2,1-3H3. The average molecular weight is 184 g/mol. The fraction of sp³-hybridized carbons (Fsp3) is 0.900. The van der Waals surface area contributed by atoms with E-state index in [1.165, 1.54) is 0 Å². The van der Waals surface area contributed by atoms with Crippen LogP contribution in [0.2, 0.25) is 0 Å². The van der Waals surface area contributed by atoms with Crippen molar-refractivity contribution in [3.8, 4) is 0 Å². The third-order valence-electron chi connectivity index (χ3n) is 3.34. The molecule has 0 heterocycles. The molecular formula is C10H20N2O. The number of carbonyl (C=O) groups excluding carboxylic acids is 1. The SMILES string of the molecule is CCN(C)C(=O)C1(C)CCCC1N. The van der Waals surface area contributed by atoms with E-state index in [9.17, 15) is 4.79 Å². The molecule has 76 valence electrons. The number of rotatable bonds is 2. The molecule has 0 saturated heterocycles. The fourth-order valence-electron chi connectivity index (χ4n) is 2.04. The Morgan fingerprint density at radius 3 is 2.69 bits per heavy atom. The first-order valence-corrected chi connectivity index (χ1v) is 5.03. The lowest BCUT2D eigenvalue weighted by Gasteiger charge is -2.31. The van der Waals surface area contributed by atoms with Crippen molar-refractivity contribution >= 4 is 5.91 Å². The van der Waals surface area contributed by atoms with Crippen molar-refractivity contribution in [2.75, 3.05) is 13.6 Å². The van der Waals surface area contributed by atoms with Crippen LogP contribution in [0.15, 0.2) is 0 Å². The molecule has 1 aliphatic carbocycles. The largest absolute Gasteiger partial charge is 0.346 e. The van der Waals surface area contributed by atoms with Crippen LogP contribution in [0.4, 0.5) is 0 Å². The quantitative estimate of drug-likeness (QED) is 0.695. The summed E-state index contributed by atoms with van der Waals surface area (Å²) in [4.78, 5) is 13.7. The van der Waals surface area contributed by atoms with Crippen molar-refractivity contribution < 1.29 is 4.79 Å². The van der Waals surface area contributed by atoms with Crippen LogP contribution >= 0.6 is 0 Å². The highest BCUT2D eigenvalue weighted by Gasteiger charge is 2.43. The van der Waals surface area contributed by atoms with Gasteiger partial charge in [-0.3, -0.25) is 4.79 Å². The molecule has 1 saturated carbocycles. The van der Waals surface area contributed by atoms with Gasteiger partial charge in [0.1, 0.15) is 0 Å². The molecule has 1 amide bonds. The van der Waals surface area contributed by atoms with Crippen molar-refractivity contribution in [2.24, 2.45) is 11.1 Å². The second-order valence-electron chi connectivity index (χ2n) is 4.24. The maximum absolute atomic E-state index is 12.0. The number of amides is 1. The van der Waals surface area contributed by atoms with Gasteiger partial charge in [0, 0.05) is 19.6 Å². The van der Waals surface area contributed by atoms with E-state index < -0.39 is 0 Å². The van der Waals surface area contributed by atoms with Gasteiger partial charge in [-0.15, -0.1) is 0 Å². The number of nitrogens with two attached hydrogens (primary N) is 1. The Labute approximate surface area is 80.3 Å². The molecule has 1 rings (SSSR count). The van der Waals surface area contributed by atoms with Gasteiger partial charge in [0.2, 0.25) is 5.91 Å². The minimum Gasteiger partial charge on any atom is -0.346 e. The molecule has 0 aromatic heterocycles. The van der Waals surface area contributed by atoms with E-state index in [0.717, 1.165) is 25.8 Å². The molecule has 3 heteroatoms. The van der Waals surface area contributed by atoms with Crippen molar-refractivity contribution in [1.29, 1.82) is 0 Å². The third kappa shape index (κ3) is 1.70. The summed E-state index contributed by atoms with van der Waals surface area (Å²) in [5, 5.41) is 0. The summed E-state index contributed by atoms with van der Waals surface area (Å²) in [6, 6.07) is 0.0500. The maximum Gasteiger partial charge on any atom is 0.229 e. The van der Waals surface area contributed by atoms with Crippen LogP contribution in [0.25, 0.3) is 0 Å². The summed E-state index contributed by atoms with van der Waals surface area (Å²) in [6.07, 6.45) is 3.01. The topological polar surface area (TPSA) is 46.3 Å². The first-order valence-electron chi connectivity index (χ1n) is 5.03. The van der Waals surface area contributed by atoms with Gasteiger partial charge in [0.05, 0.1) is 5.41 Å².